The highest BCUT2D eigenvalue weighted by atomic mass is 16.5. The standard InChI is InChI=1S/C15H28N2O2/c1-3-19-15(18)10-12(2)17(14-4-5-14)11-13-6-8-16-9-7-13/h12-14,16H,3-11H2,1-2H3. The van der Waals surface area contributed by atoms with Crippen LogP contribution in [0.2, 0.25) is 0 Å². The maximum atomic E-state index is 11.6. The number of ether oxygens (including phenoxy) is 1. The molecular formula is C15H28N2O2. The molecule has 0 aromatic heterocycles. The molecule has 0 aromatic carbocycles. The average Bonchev–Trinajstić information content (AvgIpc) is 3.21. The van der Waals surface area contributed by atoms with Crippen molar-refractivity contribution in [1.29, 1.82) is 0 Å². The quantitative estimate of drug-likeness (QED) is 0.715. The van der Waals surface area contributed by atoms with Crippen molar-refractivity contribution in [2.45, 2.75) is 58.0 Å². The highest BCUT2D eigenvalue weighted by molar-refractivity contribution is 5.70. The second-order valence-electron chi connectivity index (χ2n) is 5.98. The van der Waals surface area contributed by atoms with Crippen molar-refractivity contribution in [1.82, 2.24) is 10.2 Å². The summed E-state index contributed by atoms with van der Waals surface area (Å²) in [5, 5.41) is 3.42. The summed E-state index contributed by atoms with van der Waals surface area (Å²) < 4.78 is 5.08. The zero-order chi connectivity index (χ0) is 13.7. The predicted octanol–water partition coefficient (Wildman–Crippen LogP) is 1.79. The highest BCUT2D eigenvalue weighted by Gasteiger charge is 2.34. The van der Waals surface area contributed by atoms with E-state index in [4.69, 9.17) is 4.74 Å². The van der Waals surface area contributed by atoms with Gasteiger partial charge < -0.3 is 10.1 Å². The Hall–Kier alpha value is -0.610. The second kappa shape index (κ2) is 7.25. The maximum Gasteiger partial charge on any atom is 0.307 e. The van der Waals surface area contributed by atoms with Gasteiger partial charge in [-0.3, -0.25) is 9.69 Å². The number of esters is 1. The Labute approximate surface area is 116 Å². The minimum absolute atomic E-state index is 0.0500. The van der Waals surface area contributed by atoms with E-state index in [-0.39, 0.29) is 5.97 Å². The molecule has 1 saturated heterocycles. The van der Waals surface area contributed by atoms with Gasteiger partial charge in [-0.1, -0.05) is 0 Å². The number of nitrogens with one attached hydrogen (secondary N) is 1. The Bertz CT molecular complexity index is 286. The van der Waals surface area contributed by atoms with E-state index in [0.717, 1.165) is 31.6 Å². The molecule has 0 radical (unpaired) electrons. The van der Waals surface area contributed by atoms with Gasteiger partial charge in [0.25, 0.3) is 0 Å². The van der Waals surface area contributed by atoms with E-state index in [2.05, 4.69) is 17.1 Å². The van der Waals surface area contributed by atoms with E-state index in [1.165, 1.54) is 25.7 Å². The fourth-order valence-corrected chi connectivity index (χ4v) is 3.04. The number of rotatable bonds is 7. The molecule has 19 heavy (non-hydrogen) atoms. The van der Waals surface area contributed by atoms with Crippen LogP contribution in [0.15, 0.2) is 0 Å². The van der Waals surface area contributed by atoms with Crippen LogP contribution in [0.4, 0.5) is 0 Å². The number of hydrogen-bond acceptors (Lipinski definition) is 4. The lowest BCUT2D eigenvalue weighted by atomic mass is 9.96. The normalized spacial score (nSPS) is 22.5. The summed E-state index contributed by atoms with van der Waals surface area (Å²) in [5.41, 5.74) is 0. The van der Waals surface area contributed by atoms with Gasteiger partial charge in [0.05, 0.1) is 13.0 Å². The lowest BCUT2D eigenvalue weighted by Crippen LogP contribution is -2.42. The molecule has 110 valence electrons. The van der Waals surface area contributed by atoms with Gasteiger partial charge in [-0.15, -0.1) is 0 Å². The third-order valence-electron chi connectivity index (χ3n) is 4.28. The van der Waals surface area contributed by atoms with E-state index in [9.17, 15) is 4.79 Å². The molecule has 2 rings (SSSR count). The van der Waals surface area contributed by atoms with E-state index in [1.807, 2.05) is 6.92 Å². The Morgan fingerprint density at radius 3 is 2.58 bits per heavy atom. The molecule has 0 amide bonds. The molecule has 2 fully saturated rings. The lowest BCUT2D eigenvalue weighted by Gasteiger charge is -2.34. The summed E-state index contributed by atoms with van der Waals surface area (Å²) in [7, 11) is 0. The fraction of sp³-hybridized carbons (Fsp3) is 0.933. The summed E-state index contributed by atoms with van der Waals surface area (Å²) in [6, 6.07) is 1.04. The SMILES string of the molecule is CCOC(=O)CC(C)N(CC1CCNCC1)C1CC1. The van der Waals surface area contributed by atoms with Crippen molar-refractivity contribution in [3.8, 4) is 0 Å². The summed E-state index contributed by atoms with van der Waals surface area (Å²) in [5.74, 6) is 0.748. The smallest absolute Gasteiger partial charge is 0.307 e. The molecule has 1 unspecified atom stereocenters. The van der Waals surface area contributed by atoms with Crippen molar-refractivity contribution in [2.75, 3.05) is 26.2 Å². The summed E-state index contributed by atoms with van der Waals surface area (Å²) in [6.07, 6.45) is 5.69. The Kier molecular flexibility index (Phi) is 5.64. The van der Waals surface area contributed by atoms with Crippen LogP contribution in [0.25, 0.3) is 0 Å². The monoisotopic (exact) mass is 268 g/mol. The molecule has 0 bridgehead atoms. The minimum atomic E-state index is -0.0500. The fourth-order valence-electron chi connectivity index (χ4n) is 3.04. The molecule has 0 spiro atoms. The van der Waals surface area contributed by atoms with Crippen LogP contribution >= 0.6 is 0 Å². The van der Waals surface area contributed by atoms with Gasteiger partial charge in [-0.25, -0.2) is 0 Å². The van der Waals surface area contributed by atoms with E-state index >= 15 is 0 Å². The third kappa shape index (κ3) is 4.77. The maximum absolute atomic E-state index is 11.6. The first-order valence-electron chi connectivity index (χ1n) is 7.82. The molecule has 4 heteroatoms. The van der Waals surface area contributed by atoms with Crippen LogP contribution in [-0.4, -0.2) is 49.2 Å². The van der Waals surface area contributed by atoms with Crippen molar-refractivity contribution in [3.05, 3.63) is 0 Å². The van der Waals surface area contributed by atoms with E-state index in [0.29, 0.717) is 19.1 Å². The van der Waals surface area contributed by atoms with Gasteiger partial charge in [-0.05, 0) is 58.5 Å². The Balaban J connectivity index is 1.82. The van der Waals surface area contributed by atoms with Crippen LogP contribution in [0, 0.1) is 5.92 Å². The van der Waals surface area contributed by atoms with Crippen LogP contribution in [0.1, 0.15) is 46.0 Å². The van der Waals surface area contributed by atoms with Gasteiger partial charge in [0.1, 0.15) is 0 Å². The molecule has 1 saturated carbocycles. The first kappa shape index (κ1) is 14.8. The number of hydrogen-bond donors (Lipinski definition) is 1. The Morgan fingerprint density at radius 1 is 1.32 bits per heavy atom. The molecule has 1 aliphatic heterocycles. The van der Waals surface area contributed by atoms with E-state index in [1.54, 1.807) is 0 Å². The average molecular weight is 268 g/mol. The first-order valence-corrected chi connectivity index (χ1v) is 7.82. The zero-order valence-corrected chi connectivity index (χ0v) is 12.4. The molecule has 0 aromatic rings. The number of piperidine rings is 1. The predicted molar refractivity (Wildman–Crippen MR) is 76.0 cm³/mol. The number of carbonyl (C=O) groups is 1. The second-order valence-corrected chi connectivity index (χ2v) is 5.98. The van der Waals surface area contributed by atoms with Crippen molar-refractivity contribution in [3.63, 3.8) is 0 Å². The first-order chi connectivity index (χ1) is 9.20. The van der Waals surface area contributed by atoms with Crippen LogP contribution < -0.4 is 5.32 Å². The van der Waals surface area contributed by atoms with Gasteiger partial charge in [0, 0.05) is 18.6 Å². The van der Waals surface area contributed by atoms with Gasteiger partial charge in [0.15, 0.2) is 0 Å². The summed E-state index contributed by atoms with van der Waals surface area (Å²) in [6.45, 7) is 7.99. The molecule has 4 nitrogen and oxygen atoms in total. The topological polar surface area (TPSA) is 41.6 Å². The number of carbonyl (C=O) groups excluding carboxylic acids is 1. The van der Waals surface area contributed by atoms with Crippen molar-refractivity contribution >= 4 is 5.97 Å². The largest absolute Gasteiger partial charge is 0.466 e. The molecule has 1 heterocycles. The summed E-state index contributed by atoms with van der Waals surface area (Å²) in [4.78, 5) is 14.2. The van der Waals surface area contributed by atoms with Crippen LogP contribution in [-0.2, 0) is 9.53 Å². The van der Waals surface area contributed by atoms with Crippen molar-refractivity contribution < 1.29 is 9.53 Å². The van der Waals surface area contributed by atoms with Gasteiger partial charge in [0.2, 0.25) is 0 Å². The van der Waals surface area contributed by atoms with Crippen LogP contribution in [0.5, 0.6) is 0 Å². The number of nitrogens with zero attached hydrogens (tertiary/aromatic N) is 1. The van der Waals surface area contributed by atoms with Gasteiger partial charge >= 0.3 is 5.97 Å². The molecular weight excluding hydrogens is 240 g/mol. The Morgan fingerprint density at radius 2 is 2.00 bits per heavy atom. The molecule has 2 aliphatic rings. The minimum Gasteiger partial charge on any atom is -0.466 e. The molecule has 1 atom stereocenters. The van der Waals surface area contributed by atoms with Crippen molar-refractivity contribution in [2.24, 2.45) is 5.92 Å². The lowest BCUT2D eigenvalue weighted by molar-refractivity contribution is -0.144. The van der Waals surface area contributed by atoms with Crippen LogP contribution in [0.3, 0.4) is 0 Å². The highest BCUT2D eigenvalue weighted by Crippen LogP contribution is 2.31. The van der Waals surface area contributed by atoms with Gasteiger partial charge in [-0.2, -0.15) is 0 Å². The summed E-state index contributed by atoms with van der Waals surface area (Å²) >= 11 is 0. The molecule has 1 aliphatic carbocycles. The molecule has 1 N–H and O–H groups in total. The van der Waals surface area contributed by atoms with E-state index < -0.39 is 0 Å². The third-order valence-corrected chi connectivity index (χ3v) is 4.28. The zero-order valence-electron chi connectivity index (χ0n) is 12.4.